The number of nitrogens with zero attached hydrogens (tertiary/aromatic N) is 5. The Hall–Kier alpha value is -2.51. The van der Waals surface area contributed by atoms with Gasteiger partial charge in [-0.3, -0.25) is 9.40 Å². The van der Waals surface area contributed by atoms with Crippen molar-refractivity contribution in [3.8, 4) is 0 Å². The van der Waals surface area contributed by atoms with Gasteiger partial charge in [0.1, 0.15) is 29.5 Å². The number of hydrogen-bond acceptors (Lipinski definition) is 11. The van der Waals surface area contributed by atoms with Crippen LogP contribution in [0, 0.1) is 12.3 Å². The molecule has 12 nitrogen and oxygen atoms in total. The zero-order chi connectivity index (χ0) is 25.6. The fourth-order valence-electron chi connectivity index (χ4n) is 5.40. The summed E-state index contributed by atoms with van der Waals surface area (Å²) in [6.07, 6.45) is 1.59. The lowest BCUT2D eigenvalue weighted by molar-refractivity contribution is -0.117. The summed E-state index contributed by atoms with van der Waals surface area (Å²) in [5.74, 6) is 1.22. The molecule has 0 amide bonds. The van der Waals surface area contributed by atoms with E-state index in [1.807, 2.05) is 27.8 Å². The third kappa shape index (κ3) is 3.84. The number of nitrogen functional groups attached to an aromatic ring is 1. The molecule has 35 heavy (non-hydrogen) atoms. The molecular formula is C23H37N7O5. The molecule has 1 aliphatic carbocycles. The zero-order valence-electron chi connectivity index (χ0n) is 21.1. The minimum Gasteiger partial charge on any atom is -0.478 e. The van der Waals surface area contributed by atoms with Crippen molar-refractivity contribution in [2.24, 2.45) is 5.41 Å². The summed E-state index contributed by atoms with van der Waals surface area (Å²) >= 11 is 0. The summed E-state index contributed by atoms with van der Waals surface area (Å²) in [5, 5.41) is 23.4. The number of aryl methyl sites for hydroxylation is 1. The number of aromatic nitrogens is 4. The Morgan fingerprint density at radius 3 is 2.77 bits per heavy atom. The fourth-order valence-corrected chi connectivity index (χ4v) is 5.40. The van der Waals surface area contributed by atoms with Crippen molar-refractivity contribution < 1.29 is 24.5 Å². The van der Waals surface area contributed by atoms with Crippen LogP contribution in [0.4, 0.5) is 5.82 Å². The minimum absolute atomic E-state index is 0.254. The number of likely N-dealkylation sites (N-methyl/N-ethyl adjacent to an activating group) is 1. The summed E-state index contributed by atoms with van der Waals surface area (Å²) in [7, 11) is 1.97. The largest absolute Gasteiger partial charge is 0.478 e. The van der Waals surface area contributed by atoms with E-state index in [1.54, 1.807) is 11.5 Å². The van der Waals surface area contributed by atoms with Crippen molar-refractivity contribution >= 4 is 17.0 Å². The molecule has 0 spiro atoms. The number of aliphatic hydroxyl groups is 2. The van der Waals surface area contributed by atoms with Gasteiger partial charge in [-0.2, -0.15) is 0 Å². The van der Waals surface area contributed by atoms with Crippen LogP contribution in [-0.2, 0) is 14.3 Å². The first kappa shape index (κ1) is 25.6. The normalized spacial score (nSPS) is 28.9. The Kier molecular flexibility index (Phi) is 6.70. The van der Waals surface area contributed by atoms with Crippen LogP contribution in [0.1, 0.15) is 45.7 Å². The van der Waals surface area contributed by atoms with Crippen molar-refractivity contribution in [3.05, 3.63) is 24.6 Å². The number of rotatable bonds is 12. The third-order valence-electron chi connectivity index (χ3n) is 7.48. The van der Waals surface area contributed by atoms with Gasteiger partial charge in [0.05, 0.1) is 13.2 Å². The van der Waals surface area contributed by atoms with Gasteiger partial charge in [-0.15, -0.1) is 0 Å². The molecule has 12 heteroatoms. The van der Waals surface area contributed by atoms with E-state index in [2.05, 4.69) is 31.9 Å². The van der Waals surface area contributed by atoms with E-state index in [1.165, 1.54) is 6.33 Å². The van der Waals surface area contributed by atoms with Gasteiger partial charge in [0, 0.05) is 12.0 Å². The summed E-state index contributed by atoms with van der Waals surface area (Å²) in [4.78, 5) is 20.2. The molecular weight excluding hydrogens is 454 g/mol. The van der Waals surface area contributed by atoms with E-state index < -0.39 is 28.9 Å². The van der Waals surface area contributed by atoms with Crippen molar-refractivity contribution in [1.29, 1.82) is 0 Å². The molecule has 2 aliphatic rings. The van der Waals surface area contributed by atoms with Crippen LogP contribution in [0.5, 0.6) is 0 Å². The number of fused-ring (bicyclic) bond motifs is 2. The van der Waals surface area contributed by atoms with Crippen LogP contribution in [0.3, 0.4) is 0 Å². The second-order valence-electron chi connectivity index (χ2n) is 9.87. The lowest BCUT2D eigenvalue weighted by atomic mass is 10.0. The lowest BCUT2D eigenvalue weighted by Crippen LogP contribution is -2.42. The highest BCUT2D eigenvalue weighted by atomic mass is 16.7. The Labute approximate surface area is 205 Å². The summed E-state index contributed by atoms with van der Waals surface area (Å²) < 4.78 is 13.2. The topological polar surface area (TPSA) is 153 Å². The first-order valence-corrected chi connectivity index (χ1v) is 11.9. The van der Waals surface area contributed by atoms with Gasteiger partial charge >= 0.3 is 0 Å². The van der Waals surface area contributed by atoms with Crippen LogP contribution >= 0.6 is 0 Å². The van der Waals surface area contributed by atoms with E-state index in [4.69, 9.17) is 20.0 Å². The molecule has 4 atom stereocenters. The molecule has 0 aromatic carbocycles. The Morgan fingerprint density at radius 1 is 1.31 bits per heavy atom. The number of ether oxygens (including phenoxy) is 2. The number of unbranched alkanes of at least 4 members (excludes halogenated alkanes) is 1. The first-order chi connectivity index (χ1) is 16.5. The molecule has 1 saturated heterocycles. The molecule has 194 valence electrons. The van der Waals surface area contributed by atoms with Crippen LogP contribution in [0.25, 0.3) is 11.2 Å². The summed E-state index contributed by atoms with van der Waals surface area (Å²) in [5.41, 5.74) is 5.83. The van der Waals surface area contributed by atoms with E-state index in [-0.39, 0.29) is 5.82 Å². The molecule has 2 aromatic rings. The molecule has 0 unspecified atom stereocenters. The van der Waals surface area contributed by atoms with Gasteiger partial charge in [-0.1, -0.05) is 13.8 Å². The van der Waals surface area contributed by atoms with Crippen LogP contribution in [0.15, 0.2) is 18.8 Å². The van der Waals surface area contributed by atoms with Gasteiger partial charge in [-0.25, -0.2) is 20.4 Å². The minimum atomic E-state index is -1.51. The van der Waals surface area contributed by atoms with Gasteiger partial charge in [-0.05, 0) is 46.9 Å². The zero-order valence-corrected chi connectivity index (χ0v) is 21.1. The predicted octanol–water partition coefficient (Wildman–Crippen LogP) is 0.857. The molecule has 3 heterocycles. The van der Waals surface area contributed by atoms with E-state index in [0.29, 0.717) is 42.6 Å². The first-order valence-electron chi connectivity index (χ1n) is 11.9. The van der Waals surface area contributed by atoms with Crippen LogP contribution in [-0.4, -0.2) is 85.3 Å². The number of imidazole rings is 1. The van der Waals surface area contributed by atoms with Gasteiger partial charge < -0.3 is 30.3 Å². The molecule has 2 aromatic heterocycles. The van der Waals surface area contributed by atoms with Crippen molar-refractivity contribution in [1.82, 2.24) is 29.9 Å². The number of anilines is 1. The van der Waals surface area contributed by atoms with Gasteiger partial charge in [0.25, 0.3) is 0 Å². The fraction of sp³-hybridized carbons (Fsp3) is 0.696. The quantitative estimate of drug-likeness (QED) is 0.190. The smallest absolute Gasteiger partial charge is 0.203 e. The number of hydrogen-bond donors (Lipinski definition) is 4. The maximum absolute atomic E-state index is 11.7. The average molecular weight is 492 g/mol. The predicted molar refractivity (Wildman–Crippen MR) is 129 cm³/mol. The monoisotopic (exact) mass is 491 g/mol. The maximum Gasteiger partial charge on any atom is 0.203 e. The van der Waals surface area contributed by atoms with Crippen molar-refractivity contribution in [3.63, 3.8) is 0 Å². The van der Waals surface area contributed by atoms with Gasteiger partial charge in [0.2, 0.25) is 5.88 Å². The molecule has 1 aliphatic heterocycles. The standard InChI is InChI=1S/C23H37N7O5/c1-7-33-15(3)28-34-11-9-8-10-29(6)12-16-22(31)21(4,5)23(22,32)20(35-16)30-14(2)27-17-18(24)25-13-26-19(17)30/h13,16,20,28,31-32H,3,7-12H2,1-2,4-6H3,(H2,24,25,26)/t16-,20-,22+,23-/m1/s1. The van der Waals surface area contributed by atoms with Crippen LogP contribution < -0.4 is 11.2 Å². The molecule has 1 saturated carbocycles. The molecule has 0 bridgehead atoms. The van der Waals surface area contributed by atoms with Crippen molar-refractivity contribution in [2.45, 2.75) is 64.1 Å². The maximum atomic E-state index is 11.7. The second kappa shape index (κ2) is 9.17. The molecule has 2 fully saturated rings. The van der Waals surface area contributed by atoms with E-state index in [9.17, 15) is 10.2 Å². The lowest BCUT2D eigenvalue weighted by Gasteiger charge is -2.30. The second-order valence-corrected chi connectivity index (χ2v) is 9.87. The third-order valence-corrected chi connectivity index (χ3v) is 7.48. The highest BCUT2D eigenvalue weighted by Gasteiger charge is 2.92. The van der Waals surface area contributed by atoms with Crippen LogP contribution in [0.2, 0.25) is 0 Å². The summed E-state index contributed by atoms with van der Waals surface area (Å²) in [6.45, 7) is 13.3. The van der Waals surface area contributed by atoms with E-state index in [0.717, 1.165) is 19.4 Å². The number of nitrogens with two attached hydrogens (primary N) is 1. The SMILES string of the molecule is C=C(NOCCCCN(C)C[C@H]1O[C@@H](n2c(C)nc3c(N)ncnc32)[C@@]2(O)C(C)(C)[C@@]12O)OCC. The molecule has 4 rings (SSSR count). The molecule has 5 N–H and O–H groups in total. The average Bonchev–Trinajstić information content (AvgIpc) is 3.05. The number of hydroxylamine groups is 1. The Bertz CT molecular complexity index is 1090. The Morgan fingerprint density at radius 2 is 2.06 bits per heavy atom. The van der Waals surface area contributed by atoms with Crippen molar-refractivity contribution in [2.75, 3.05) is 39.1 Å². The van der Waals surface area contributed by atoms with E-state index >= 15 is 0 Å². The summed E-state index contributed by atoms with van der Waals surface area (Å²) in [6, 6.07) is 0. The van der Waals surface area contributed by atoms with Gasteiger partial charge in [0.15, 0.2) is 23.2 Å². The molecule has 0 radical (unpaired) electrons. The highest BCUT2D eigenvalue weighted by Crippen LogP contribution is 2.75. The number of nitrogens with one attached hydrogen (secondary N) is 1. The Balaban J connectivity index is 1.41. The highest BCUT2D eigenvalue weighted by molar-refractivity contribution is 5.82.